The number of imide groups is 1. The van der Waals surface area contributed by atoms with Crippen molar-refractivity contribution >= 4 is 111 Å². The van der Waals surface area contributed by atoms with Crippen LogP contribution in [0.15, 0.2) is 42.5 Å². The number of benzene rings is 3. The highest BCUT2D eigenvalue weighted by Crippen LogP contribution is 2.65. The van der Waals surface area contributed by atoms with Crippen molar-refractivity contribution in [3.63, 3.8) is 0 Å². The number of halogens is 8. The van der Waals surface area contributed by atoms with Gasteiger partial charge in [0.2, 0.25) is 5.91 Å². The van der Waals surface area contributed by atoms with Gasteiger partial charge in [0.1, 0.15) is 27.0 Å². The van der Waals surface area contributed by atoms with E-state index in [4.69, 9.17) is 79.1 Å². The van der Waals surface area contributed by atoms with Gasteiger partial charge in [-0.3, -0.25) is 9.59 Å². The van der Waals surface area contributed by atoms with Crippen LogP contribution in [0.1, 0.15) is 63.4 Å². The van der Waals surface area contributed by atoms with E-state index in [2.05, 4.69) is 10.6 Å². The van der Waals surface area contributed by atoms with Crippen LogP contribution < -0.4 is 15.5 Å². The molecule has 0 aromatic heterocycles. The van der Waals surface area contributed by atoms with Gasteiger partial charge in [0.25, 0.3) is 5.91 Å². The lowest BCUT2D eigenvalue weighted by atomic mass is 10.1. The van der Waals surface area contributed by atoms with E-state index in [-0.39, 0.29) is 36.2 Å². The van der Waals surface area contributed by atoms with Gasteiger partial charge in [-0.2, -0.15) is 4.90 Å². The van der Waals surface area contributed by atoms with Gasteiger partial charge in [0.05, 0.1) is 37.3 Å². The number of ether oxygens (including phenoxy) is 2. The van der Waals surface area contributed by atoms with Crippen LogP contribution in [-0.2, 0) is 14.3 Å². The third kappa shape index (κ3) is 9.05. The third-order valence-corrected chi connectivity index (χ3v) is 9.31. The smallest absolute Gasteiger partial charge is 0.424 e. The molecule has 0 radical (unpaired) electrons. The van der Waals surface area contributed by atoms with Crippen molar-refractivity contribution in [1.82, 2.24) is 0 Å². The van der Waals surface area contributed by atoms with Crippen LogP contribution in [0.4, 0.5) is 35.4 Å². The quantitative estimate of drug-likeness (QED) is 0.189. The number of amides is 4. The molecule has 3 aromatic rings. The zero-order valence-corrected chi connectivity index (χ0v) is 31.7. The van der Waals surface area contributed by atoms with E-state index in [1.54, 1.807) is 0 Å². The van der Waals surface area contributed by atoms with Crippen LogP contribution >= 0.6 is 69.6 Å². The Balaban J connectivity index is 1.65. The zero-order valence-electron chi connectivity index (χ0n) is 27.1. The van der Waals surface area contributed by atoms with Crippen molar-refractivity contribution in [2.45, 2.75) is 63.0 Å². The Morgan fingerprint density at radius 2 is 1.32 bits per heavy atom. The maximum Gasteiger partial charge on any atom is 0.424 e. The molecule has 1 unspecified atom stereocenters. The van der Waals surface area contributed by atoms with Crippen LogP contribution in [0.25, 0.3) is 0 Å². The van der Waals surface area contributed by atoms with Gasteiger partial charge in [-0.15, -0.1) is 23.2 Å². The number of nitrogens with one attached hydrogen (secondary N) is 2. The molecule has 0 bridgehead atoms. The first-order valence-electron chi connectivity index (χ1n) is 14.6. The lowest BCUT2D eigenvalue weighted by Gasteiger charge is -2.29. The molecular weight excluding hydrogens is 785 g/mol. The molecule has 0 heterocycles. The van der Waals surface area contributed by atoms with Crippen molar-refractivity contribution in [3.8, 4) is 0 Å². The summed E-state index contributed by atoms with van der Waals surface area (Å²) < 4.78 is 39.1. The fraction of sp³-hybridized carbons (Fsp3) is 0.333. The number of alkyl halides is 2. The molecule has 1 aliphatic carbocycles. The van der Waals surface area contributed by atoms with Gasteiger partial charge >= 0.3 is 12.2 Å². The molecule has 0 aliphatic heterocycles. The molecule has 9 nitrogen and oxygen atoms in total. The predicted molar refractivity (Wildman–Crippen MR) is 191 cm³/mol. The highest BCUT2D eigenvalue weighted by molar-refractivity contribution is 6.54. The first-order valence-corrected chi connectivity index (χ1v) is 16.9. The predicted octanol–water partition coefficient (Wildman–Crippen LogP) is 11.0. The summed E-state index contributed by atoms with van der Waals surface area (Å²) in [6.07, 6.45) is -2.68. The lowest BCUT2D eigenvalue weighted by molar-refractivity contribution is -0.117. The summed E-state index contributed by atoms with van der Waals surface area (Å²) in [6, 6.07) is 7.89. The Kier molecular flexibility index (Phi) is 11.5. The minimum absolute atomic E-state index is 0.0652. The topological polar surface area (TPSA) is 114 Å². The summed E-state index contributed by atoms with van der Waals surface area (Å²) >= 11 is 37.6. The number of rotatable bonds is 6. The molecule has 268 valence electrons. The molecule has 3 aromatic carbocycles. The number of anilines is 3. The molecule has 2 atom stereocenters. The largest absolute Gasteiger partial charge is 0.443 e. The summed E-state index contributed by atoms with van der Waals surface area (Å²) in [5.74, 6) is -5.93. The Bertz CT molecular complexity index is 1850. The zero-order chi connectivity index (χ0) is 37.7. The number of hydrogen-bond acceptors (Lipinski definition) is 6. The van der Waals surface area contributed by atoms with Crippen molar-refractivity contribution in [2.24, 2.45) is 5.92 Å². The van der Waals surface area contributed by atoms with Crippen LogP contribution in [0.2, 0.25) is 20.1 Å². The monoisotopic (exact) mass is 811 g/mol. The van der Waals surface area contributed by atoms with E-state index >= 15 is 4.39 Å². The van der Waals surface area contributed by atoms with E-state index in [1.807, 2.05) is 0 Å². The Morgan fingerprint density at radius 3 is 1.84 bits per heavy atom. The Labute approximate surface area is 316 Å². The van der Waals surface area contributed by atoms with E-state index in [0.29, 0.717) is 17.7 Å². The Morgan fingerprint density at radius 1 is 0.780 bits per heavy atom. The molecule has 0 spiro atoms. The van der Waals surface area contributed by atoms with E-state index in [9.17, 15) is 23.6 Å². The third-order valence-electron chi connectivity index (χ3n) is 6.85. The number of hydrogen-bond donors (Lipinski definition) is 2. The highest BCUT2D eigenvalue weighted by atomic mass is 35.5. The van der Waals surface area contributed by atoms with Crippen LogP contribution in [0.5, 0.6) is 0 Å². The second-order valence-corrected chi connectivity index (χ2v) is 16.2. The molecule has 17 heteroatoms. The second kappa shape index (κ2) is 14.5. The van der Waals surface area contributed by atoms with Gasteiger partial charge in [-0.25, -0.2) is 18.4 Å². The van der Waals surface area contributed by atoms with Gasteiger partial charge < -0.3 is 20.1 Å². The van der Waals surface area contributed by atoms with Gasteiger partial charge in [-0.05, 0) is 77.4 Å². The summed E-state index contributed by atoms with van der Waals surface area (Å²) in [7, 11) is 0. The van der Waals surface area contributed by atoms with Crippen LogP contribution in [0.3, 0.4) is 0 Å². The van der Waals surface area contributed by atoms with Gasteiger partial charge in [-0.1, -0.05) is 46.4 Å². The average Bonchev–Trinajstić information content (AvgIpc) is 3.54. The van der Waals surface area contributed by atoms with Crippen LogP contribution in [0, 0.1) is 17.6 Å². The van der Waals surface area contributed by atoms with E-state index in [0.717, 1.165) is 0 Å². The molecule has 0 saturated heterocycles. The fourth-order valence-corrected chi connectivity index (χ4v) is 6.39. The normalized spacial score (nSPS) is 16.7. The molecule has 1 aliphatic rings. The minimum atomic E-state index is -1.54. The molecule has 50 heavy (non-hydrogen) atoms. The standard InChI is InChI=1S/C33H29Cl6F2N3O6/c1-31(2,3)49-29(47)44(30(48)50-32(4,5)6)22-12-15(40)11-21(41)26(22)43-27(45)17-13-16(7-8-18(17)34)42-28(46)24-23(33(24,38)39)14-9-19(35)25(37)20(36)10-14/h7-13,23-24H,1-6H3,(H,42,46)(H,43,45)/t23?,24-/m1/s1. The van der Waals surface area contributed by atoms with Crippen LogP contribution in [-0.4, -0.2) is 39.5 Å². The van der Waals surface area contributed by atoms with Crippen molar-refractivity contribution in [1.29, 1.82) is 0 Å². The molecule has 1 fully saturated rings. The highest BCUT2D eigenvalue weighted by Gasteiger charge is 2.67. The summed E-state index contributed by atoms with van der Waals surface area (Å²) in [5.41, 5.74) is -3.56. The molecule has 1 saturated carbocycles. The molecule has 4 rings (SSSR count). The van der Waals surface area contributed by atoms with Crippen molar-refractivity contribution in [3.05, 3.63) is 85.3 Å². The number of carbonyl (C=O) groups is 4. The van der Waals surface area contributed by atoms with Gasteiger partial charge in [0.15, 0.2) is 5.82 Å². The maximum atomic E-state index is 15.4. The molecular formula is C33H29Cl6F2N3O6. The van der Waals surface area contributed by atoms with Gasteiger partial charge in [0, 0.05) is 23.7 Å². The van der Waals surface area contributed by atoms with Crippen molar-refractivity contribution < 1.29 is 37.4 Å². The number of carbonyl (C=O) groups excluding carboxylic acids is 4. The first-order chi connectivity index (χ1) is 22.9. The summed E-state index contributed by atoms with van der Waals surface area (Å²) in [6.45, 7) is 9.04. The average molecular weight is 814 g/mol. The second-order valence-electron chi connectivity index (χ2n) is 13.1. The molecule has 4 amide bonds. The van der Waals surface area contributed by atoms with Crippen molar-refractivity contribution in [2.75, 3.05) is 15.5 Å². The number of nitrogens with zero attached hydrogens (tertiary/aromatic N) is 1. The minimum Gasteiger partial charge on any atom is -0.443 e. The SMILES string of the molecule is CC(C)(C)OC(=O)N(C(=O)OC(C)(C)C)c1cc(F)cc(F)c1NC(=O)c1cc(NC(=O)[C@H]2C(c3cc(Cl)c(Cl)c(Cl)c3)C2(Cl)Cl)ccc1Cl. The van der Waals surface area contributed by atoms with E-state index < -0.39 is 74.4 Å². The summed E-state index contributed by atoms with van der Waals surface area (Å²) in [4.78, 5) is 53.6. The first kappa shape index (κ1) is 39.7. The fourth-order valence-electron chi connectivity index (χ4n) is 4.75. The Hall–Kier alpha value is -3.06. The lowest BCUT2D eigenvalue weighted by Crippen LogP contribution is -2.44. The van der Waals surface area contributed by atoms with E-state index in [1.165, 1.54) is 71.9 Å². The maximum absolute atomic E-state index is 15.4. The summed E-state index contributed by atoms with van der Waals surface area (Å²) in [5, 5.41) is 5.11. The molecule has 2 N–H and O–H groups in total.